The number of benzene rings is 2. The highest BCUT2D eigenvalue weighted by molar-refractivity contribution is 7.68. The van der Waals surface area contributed by atoms with Gasteiger partial charge in [0.2, 0.25) is 0 Å². The molecule has 2 aromatic carbocycles. The number of hydrogen-bond acceptors (Lipinski definition) is 3. The van der Waals surface area contributed by atoms with Crippen LogP contribution in [0.15, 0.2) is 48.5 Å². The van der Waals surface area contributed by atoms with Crippen molar-refractivity contribution in [3.8, 4) is 0 Å². The van der Waals surface area contributed by atoms with E-state index in [-0.39, 0.29) is 17.7 Å². The molecule has 0 heterocycles. The van der Waals surface area contributed by atoms with E-state index in [0.717, 1.165) is 37.1 Å². The Hall–Kier alpha value is -1.98. The van der Waals surface area contributed by atoms with Gasteiger partial charge in [-0.1, -0.05) is 33.3 Å². The Morgan fingerprint density at radius 3 is 2.33 bits per heavy atom. The molecule has 2 aromatic rings. The summed E-state index contributed by atoms with van der Waals surface area (Å²) in [6, 6.07) is 11.9. The van der Waals surface area contributed by atoms with Crippen LogP contribution in [-0.2, 0) is 15.3 Å². The third kappa shape index (κ3) is 6.33. The van der Waals surface area contributed by atoms with E-state index >= 15 is 0 Å². The van der Waals surface area contributed by atoms with E-state index in [1.807, 2.05) is 31.1 Å². The van der Waals surface area contributed by atoms with Crippen molar-refractivity contribution < 1.29 is 22.3 Å². The van der Waals surface area contributed by atoms with Gasteiger partial charge in [0, 0.05) is 25.5 Å². The van der Waals surface area contributed by atoms with Crippen LogP contribution < -0.4 is 15.3 Å². The van der Waals surface area contributed by atoms with Crippen LogP contribution in [0.2, 0.25) is 0 Å². The summed E-state index contributed by atoms with van der Waals surface area (Å²) in [5.74, 6) is 1.02. The number of hydrogen-bond donors (Lipinski definition) is 1. The van der Waals surface area contributed by atoms with Crippen molar-refractivity contribution in [2.45, 2.75) is 52.3 Å². The Balaban J connectivity index is 2.00. The van der Waals surface area contributed by atoms with Crippen LogP contribution in [0.1, 0.15) is 45.6 Å². The van der Waals surface area contributed by atoms with Crippen LogP contribution in [0.25, 0.3) is 0 Å². The molecule has 0 unspecified atom stereocenters. The van der Waals surface area contributed by atoms with Crippen LogP contribution in [0.5, 0.6) is 0 Å². The molecule has 1 fully saturated rings. The molecule has 3 rings (SSSR count). The highest BCUT2D eigenvalue weighted by atomic mass is 31.2. The number of alkyl halides is 3. The van der Waals surface area contributed by atoms with Crippen LogP contribution in [0.3, 0.4) is 0 Å². The van der Waals surface area contributed by atoms with Crippen molar-refractivity contribution >= 4 is 24.2 Å². The van der Waals surface area contributed by atoms with E-state index in [9.17, 15) is 17.7 Å². The van der Waals surface area contributed by atoms with Gasteiger partial charge in [0.15, 0.2) is 0 Å². The predicted octanol–water partition coefficient (Wildman–Crippen LogP) is 7.18. The molecule has 1 N–H and O–H groups in total. The summed E-state index contributed by atoms with van der Waals surface area (Å²) < 4.78 is 60.5. The summed E-state index contributed by atoms with van der Waals surface area (Å²) in [5, 5.41) is 3.31. The lowest BCUT2D eigenvalue weighted by Crippen LogP contribution is -2.35. The second-order valence-corrected chi connectivity index (χ2v) is 11.7. The molecule has 33 heavy (non-hydrogen) atoms. The zero-order valence-electron chi connectivity index (χ0n) is 19.9. The van der Waals surface area contributed by atoms with Gasteiger partial charge in [-0.2, -0.15) is 13.2 Å². The summed E-state index contributed by atoms with van der Waals surface area (Å²) in [6.07, 6.45) is -1.89. The smallest absolute Gasteiger partial charge is 0.378 e. The van der Waals surface area contributed by atoms with Crippen molar-refractivity contribution in [1.82, 2.24) is 0 Å². The first-order chi connectivity index (χ1) is 15.4. The summed E-state index contributed by atoms with van der Waals surface area (Å²) in [7, 11) is 0.0870. The highest BCUT2D eigenvalue weighted by Crippen LogP contribution is 2.51. The van der Waals surface area contributed by atoms with Gasteiger partial charge in [-0.25, -0.2) is 0 Å². The molecule has 1 aliphatic carbocycles. The molecule has 0 radical (unpaired) electrons. The molecule has 4 nitrogen and oxygen atoms in total. The third-order valence-corrected chi connectivity index (χ3v) is 8.52. The molecule has 0 saturated heterocycles. The van der Waals surface area contributed by atoms with Crippen molar-refractivity contribution in [2.24, 2.45) is 17.8 Å². The standard InChI is InChI=1S/C25H34F3N2O2P/c1-17(2)23-14-9-18(3)15-24(23)32-33(31,22-12-10-21(11-13-22)30(4)5)29-20-8-6-7-19(16-20)25(26,27)28/h6-8,10-13,16-18,23-24H,9,14-15H2,1-5H3,(H,29,31)/t18-,23-,24-,33-/m1/s1. The quantitative estimate of drug-likeness (QED) is 0.425. The Labute approximate surface area is 195 Å². The average Bonchev–Trinajstić information content (AvgIpc) is 2.73. The Morgan fingerprint density at radius 2 is 1.76 bits per heavy atom. The SMILES string of the molecule is CC(C)[C@H]1CC[C@@H](C)C[C@H]1O[P@@](=O)(Nc1cccc(C(F)(F)F)c1)c1ccc(N(C)C)cc1. The van der Waals surface area contributed by atoms with E-state index < -0.39 is 19.3 Å². The monoisotopic (exact) mass is 482 g/mol. The van der Waals surface area contributed by atoms with Gasteiger partial charge in [-0.3, -0.25) is 4.57 Å². The summed E-state index contributed by atoms with van der Waals surface area (Å²) in [6.45, 7) is 6.42. The molecule has 182 valence electrons. The van der Waals surface area contributed by atoms with E-state index in [0.29, 0.717) is 17.1 Å². The Morgan fingerprint density at radius 1 is 1.09 bits per heavy atom. The maximum atomic E-state index is 14.3. The third-order valence-electron chi connectivity index (χ3n) is 6.42. The fraction of sp³-hybridized carbons (Fsp3) is 0.520. The number of nitrogens with one attached hydrogen (secondary N) is 1. The average molecular weight is 483 g/mol. The normalized spacial score (nSPS) is 23.2. The van der Waals surface area contributed by atoms with Gasteiger partial charge >= 0.3 is 13.7 Å². The molecule has 4 atom stereocenters. The molecule has 0 spiro atoms. The Bertz CT molecular complexity index is 976. The first-order valence-corrected chi connectivity index (χ1v) is 13.0. The first-order valence-electron chi connectivity index (χ1n) is 11.4. The molecular weight excluding hydrogens is 448 g/mol. The van der Waals surface area contributed by atoms with Crippen LogP contribution >= 0.6 is 7.52 Å². The second kappa shape index (κ2) is 10.1. The van der Waals surface area contributed by atoms with Gasteiger partial charge in [0.05, 0.1) is 17.0 Å². The lowest BCUT2D eigenvalue weighted by molar-refractivity contribution is -0.137. The summed E-state index contributed by atoms with van der Waals surface area (Å²) in [5.41, 5.74) is 0.249. The summed E-state index contributed by atoms with van der Waals surface area (Å²) >= 11 is 0. The zero-order valence-corrected chi connectivity index (χ0v) is 20.8. The number of nitrogens with zero attached hydrogens (tertiary/aromatic N) is 1. The molecule has 0 aliphatic heterocycles. The van der Waals surface area contributed by atoms with Gasteiger partial charge in [-0.05, 0) is 73.1 Å². The number of halogens is 3. The van der Waals surface area contributed by atoms with E-state index in [1.165, 1.54) is 12.1 Å². The minimum absolute atomic E-state index is 0.120. The lowest BCUT2D eigenvalue weighted by atomic mass is 9.75. The minimum Gasteiger partial charge on any atom is -0.378 e. The number of rotatable bonds is 7. The zero-order chi connectivity index (χ0) is 24.4. The molecule has 0 amide bonds. The van der Waals surface area contributed by atoms with Crippen LogP contribution in [0, 0.1) is 17.8 Å². The number of anilines is 2. The van der Waals surface area contributed by atoms with Gasteiger partial charge in [-0.15, -0.1) is 0 Å². The topological polar surface area (TPSA) is 41.6 Å². The fourth-order valence-corrected chi connectivity index (χ4v) is 6.41. The summed E-state index contributed by atoms with van der Waals surface area (Å²) in [4.78, 5) is 1.92. The molecule has 0 aromatic heterocycles. The first kappa shape index (κ1) is 25.6. The van der Waals surface area contributed by atoms with Crippen molar-refractivity contribution in [1.29, 1.82) is 0 Å². The van der Waals surface area contributed by atoms with Gasteiger partial charge in [0.1, 0.15) is 0 Å². The van der Waals surface area contributed by atoms with E-state index in [2.05, 4.69) is 25.9 Å². The van der Waals surface area contributed by atoms with Crippen LogP contribution in [-0.4, -0.2) is 20.2 Å². The van der Waals surface area contributed by atoms with Crippen LogP contribution in [0.4, 0.5) is 24.5 Å². The lowest BCUT2D eigenvalue weighted by Gasteiger charge is -2.39. The maximum absolute atomic E-state index is 14.3. The highest BCUT2D eigenvalue weighted by Gasteiger charge is 2.38. The van der Waals surface area contributed by atoms with Gasteiger partial charge in [0.25, 0.3) is 0 Å². The van der Waals surface area contributed by atoms with Crippen molar-refractivity contribution in [2.75, 3.05) is 24.1 Å². The predicted molar refractivity (Wildman–Crippen MR) is 129 cm³/mol. The van der Waals surface area contributed by atoms with Gasteiger partial charge < -0.3 is 14.5 Å². The largest absolute Gasteiger partial charge is 0.416 e. The van der Waals surface area contributed by atoms with E-state index in [1.54, 1.807) is 12.1 Å². The Kier molecular flexibility index (Phi) is 7.85. The maximum Gasteiger partial charge on any atom is 0.416 e. The molecule has 8 heteroatoms. The molecule has 0 bridgehead atoms. The molecular formula is C25H34F3N2O2P. The fourth-order valence-electron chi connectivity index (χ4n) is 4.46. The van der Waals surface area contributed by atoms with Crippen molar-refractivity contribution in [3.05, 3.63) is 54.1 Å². The van der Waals surface area contributed by atoms with Crippen molar-refractivity contribution in [3.63, 3.8) is 0 Å². The minimum atomic E-state index is -4.49. The molecule has 1 aliphatic rings. The second-order valence-electron chi connectivity index (χ2n) is 9.62. The van der Waals surface area contributed by atoms with E-state index in [4.69, 9.17) is 4.52 Å². The molecule has 1 saturated carbocycles.